The summed E-state index contributed by atoms with van der Waals surface area (Å²) in [5, 5.41) is 10.6. The highest BCUT2D eigenvalue weighted by atomic mass is 31.2. The molecule has 0 aromatic heterocycles. The van der Waals surface area contributed by atoms with E-state index in [1.807, 2.05) is 0 Å². The molecule has 3 N–H and O–H groups in total. The topological polar surface area (TPSA) is 237 Å². The van der Waals surface area contributed by atoms with E-state index in [1.54, 1.807) is 0 Å². The van der Waals surface area contributed by atoms with Crippen molar-refractivity contribution in [3.05, 3.63) is 0 Å². The predicted octanol–water partition coefficient (Wildman–Crippen LogP) is 23.3. The molecule has 0 aromatic carbocycles. The summed E-state index contributed by atoms with van der Waals surface area (Å²) >= 11 is 0. The normalized spacial score (nSPS) is 13.9. The zero-order valence-corrected chi connectivity index (χ0v) is 65.0. The fraction of sp³-hybridized carbons (Fsp3) is 0.949. The summed E-state index contributed by atoms with van der Waals surface area (Å²) in [6, 6.07) is 0. The number of phosphoric acid groups is 2. The van der Waals surface area contributed by atoms with Gasteiger partial charge in [-0.05, 0) is 31.6 Å². The van der Waals surface area contributed by atoms with Crippen LogP contribution in [-0.2, 0) is 65.4 Å². The molecule has 0 spiro atoms. The third-order valence-corrected chi connectivity index (χ3v) is 20.2. The molecule has 5 atom stereocenters. The molecule has 19 heteroatoms. The Balaban J connectivity index is 5.21. The first-order chi connectivity index (χ1) is 47.0. The molecule has 576 valence electrons. The van der Waals surface area contributed by atoms with E-state index in [4.69, 9.17) is 37.0 Å². The fourth-order valence-electron chi connectivity index (χ4n) is 12.1. The van der Waals surface area contributed by atoms with Gasteiger partial charge in [-0.15, -0.1) is 0 Å². The Hall–Kier alpha value is -1.94. The maximum atomic E-state index is 13.1. The molecule has 0 radical (unpaired) electrons. The van der Waals surface area contributed by atoms with Crippen LogP contribution in [0.3, 0.4) is 0 Å². The molecule has 97 heavy (non-hydrogen) atoms. The molecule has 0 fully saturated rings. The molecule has 0 aromatic rings. The van der Waals surface area contributed by atoms with E-state index >= 15 is 0 Å². The van der Waals surface area contributed by atoms with Gasteiger partial charge in [0, 0.05) is 25.7 Å². The number of rotatable bonds is 78. The summed E-state index contributed by atoms with van der Waals surface area (Å²) in [4.78, 5) is 72.8. The van der Waals surface area contributed by atoms with Crippen LogP contribution in [0.25, 0.3) is 0 Å². The van der Waals surface area contributed by atoms with Gasteiger partial charge >= 0.3 is 39.5 Å². The second kappa shape index (κ2) is 71.1. The van der Waals surface area contributed by atoms with Crippen LogP contribution >= 0.6 is 15.6 Å². The molecule has 2 unspecified atom stereocenters. The van der Waals surface area contributed by atoms with E-state index < -0.39 is 97.5 Å². The van der Waals surface area contributed by atoms with Crippen LogP contribution in [0.1, 0.15) is 413 Å². The molecular weight excluding hydrogens is 1270 g/mol. The summed E-state index contributed by atoms with van der Waals surface area (Å²) in [6.07, 6.45) is 61.1. The lowest BCUT2D eigenvalue weighted by molar-refractivity contribution is -0.161. The first-order valence-electron chi connectivity index (χ1n) is 40.6. The zero-order valence-electron chi connectivity index (χ0n) is 63.2. The second-order valence-corrected chi connectivity index (χ2v) is 31.5. The van der Waals surface area contributed by atoms with Gasteiger partial charge in [-0.2, -0.15) is 0 Å². The van der Waals surface area contributed by atoms with Gasteiger partial charge in [0.2, 0.25) is 0 Å². The average Bonchev–Trinajstić information content (AvgIpc) is 1.49. The summed E-state index contributed by atoms with van der Waals surface area (Å²) in [7, 11) is -9.91. The van der Waals surface area contributed by atoms with Crippen LogP contribution in [0, 0.1) is 5.92 Å². The number of carbonyl (C=O) groups excluding carboxylic acids is 4. The second-order valence-electron chi connectivity index (χ2n) is 28.6. The number of esters is 4. The van der Waals surface area contributed by atoms with Crippen LogP contribution in [0.4, 0.5) is 0 Å². The lowest BCUT2D eigenvalue weighted by Crippen LogP contribution is -2.30. The Labute approximate surface area is 594 Å². The molecule has 17 nitrogen and oxygen atoms in total. The predicted molar refractivity (Wildman–Crippen MR) is 395 cm³/mol. The van der Waals surface area contributed by atoms with Gasteiger partial charge in [0.15, 0.2) is 12.2 Å². The van der Waals surface area contributed by atoms with Gasteiger partial charge in [0.05, 0.1) is 26.4 Å². The standard InChI is InChI=1S/C78H152O17P2/c1-6-9-12-15-18-21-23-25-27-29-30-32-34-36-38-43-48-53-58-63-77(82)94-74(68-89-76(81)62-57-52-47-42-37-35-33-31-28-26-24-22-19-16-13-10-7-2)70-93-97(86,87)91-66-72(79)65-90-96(84,85)92-69-73(67-88-75(80)61-56-51-46-40-20-17-14-11-8-3)95-78(83)64-59-54-49-44-39-41-45-50-55-60-71(4)5/h71-74,79H,6-70H2,1-5H3,(H,84,85)(H,86,87)/t72-,73+,74+/m0/s1. The van der Waals surface area contributed by atoms with Crippen molar-refractivity contribution in [2.45, 2.75) is 432 Å². The Morgan fingerprint density at radius 1 is 0.278 bits per heavy atom. The van der Waals surface area contributed by atoms with E-state index in [1.165, 1.54) is 238 Å². The van der Waals surface area contributed by atoms with E-state index in [0.717, 1.165) is 95.8 Å². The highest BCUT2D eigenvalue weighted by Crippen LogP contribution is 2.45. The van der Waals surface area contributed by atoms with Gasteiger partial charge in [0.1, 0.15) is 19.3 Å². The van der Waals surface area contributed by atoms with Crippen molar-refractivity contribution in [3.63, 3.8) is 0 Å². The maximum Gasteiger partial charge on any atom is 0.472 e. The number of phosphoric ester groups is 2. The van der Waals surface area contributed by atoms with E-state index in [-0.39, 0.29) is 25.7 Å². The van der Waals surface area contributed by atoms with E-state index in [9.17, 15) is 43.2 Å². The third kappa shape index (κ3) is 72.2. The SMILES string of the molecule is CCCCCCCCCCCCCCCCCCCCCC(=O)O[C@H](COC(=O)CCCCCCCCCCCCCCCCCCC)COP(=O)(O)OC[C@@H](O)COP(=O)(O)OC[C@@H](COC(=O)CCCCCCCCCCC)OC(=O)CCCCCCCCCCCC(C)C. The smallest absolute Gasteiger partial charge is 0.462 e. The minimum Gasteiger partial charge on any atom is -0.462 e. The molecule has 0 aliphatic heterocycles. The van der Waals surface area contributed by atoms with Crippen molar-refractivity contribution in [1.82, 2.24) is 0 Å². The summed E-state index contributed by atoms with van der Waals surface area (Å²) in [6.45, 7) is 7.27. The molecule has 0 bridgehead atoms. The van der Waals surface area contributed by atoms with Crippen molar-refractivity contribution in [3.8, 4) is 0 Å². The number of aliphatic hydroxyl groups excluding tert-OH is 1. The molecular formula is C78H152O17P2. The quantitative estimate of drug-likeness (QED) is 0.0222. The van der Waals surface area contributed by atoms with Gasteiger partial charge in [-0.3, -0.25) is 37.3 Å². The summed E-state index contributed by atoms with van der Waals surface area (Å²) in [5.74, 6) is -1.38. The van der Waals surface area contributed by atoms with Crippen LogP contribution < -0.4 is 0 Å². The van der Waals surface area contributed by atoms with Crippen molar-refractivity contribution in [1.29, 1.82) is 0 Å². The number of aliphatic hydroxyl groups is 1. The number of unbranched alkanes of at least 4 members (excludes halogenated alkanes) is 50. The molecule has 0 rings (SSSR count). The maximum absolute atomic E-state index is 13.1. The molecule has 0 aliphatic carbocycles. The van der Waals surface area contributed by atoms with Gasteiger partial charge in [-0.25, -0.2) is 9.13 Å². The Morgan fingerprint density at radius 2 is 0.474 bits per heavy atom. The highest BCUT2D eigenvalue weighted by molar-refractivity contribution is 7.47. The molecule has 0 amide bonds. The average molecular weight is 1420 g/mol. The van der Waals surface area contributed by atoms with E-state index in [0.29, 0.717) is 25.7 Å². The first kappa shape index (κ1) is 95.1. The van der Waals surface area contributed by atoms with Gasteiger partial charge in [0.25, 0.3) is 0 Å². The largest absolute Gasteiger partial charge is 0.472 e. The zero-order chi connectivity index (χ0) is 71.2. The minimum atomic E-state index is -4.96. The summed E-state index contributed by atoms with van der Waals surface area (Å²) < 4.78 is 68.6. The van der Waals surface area contributed by atoms with Crippen molar-refractivity contribution in [2.24, 2.45) is 5.92 Å². The van der Waals surface area contributed by atoms with Crippen molar-refractivity contribution >= 4 is 39.5 Å². The monoisotopic (exact) mass is 1420 g/mol. The Morgan fingerprint density at radius 3 is 0.701 bits per heavy atom. The Kier molecular flexibility index (Phi) is 69.6. The lowest BCUT2D eigenvalue weighted by Gasteiger charge is -2.21. The van der Waals surface area contributed by atoms with Crippen LogP contribution in [0.5, 0.6) is 0 Å². The lowest BCUT2D eigenvalue weighted by atomic mass is 10.0. The van der Waals surface area contributed by atoms with Gasteiger partial charge < -0.3 is 33.8 Å². The molecule has 0 heterocycles. The number of carbonyl (C=O) groups is 4. The van der Waals surface area contributed by atoms with Crippen molar-refractivity contribution in [2.75, 3.05) is 39.6 Å². The van der Waals surface area contributed by atoms with Crippen LogP contribution in [-0.4, -0.2) is 96.7 Å². The Bertz CT molecular complexity index is 1860. The minimum absolute atomic E-state index is 0.106. The van der Waals surface area contributed by atoms with Gasteiger partial charge in [-0.1, -0.05) is 362 Å². The van der Waals surface area contributed by atoms with Crippen LogP contribution in [0.15, 0.2) is 0 Å². The number of hydrogen-bond acceptors (Lipinski definition) is 15. The third-order valence-electron chi connectivity index (χ3n) is 18.3. The van der Waals surface area contributed by atoms with Crippen LogP contribution in [0.2, 0.25) is 0 Å². The van der Waals surface area contributed by atoms with E-state index in [2.05, 4.69) is 34.6 Å². The molecule has 0 saturated carbocycles. The number of ether oxygens (including phenoxy) is 4. The molecule has 0 saturated heterocycles. The summed E-state index contributed by atoms with van der Waals surface area (Å²) in [5.41, 5.74) is 0. The number of hydrogen-bond donors (Lipinski definition) is 3. The first-order valence-corrected chi connectivity index (χ1v) is 43.6. The van der Waals surface area contributed by atoms with Crippen molar-refractivity contribution < 1.29 is 80.2 Å². The highest BCUT2D eigenvalue weighted by Gasteiger charge is 2.30. The molecule has 0 aliphatic rings. The fourth-order valence-corrected chi connectivity index (χ4v) is 13.6.